The molecule has 34 heavy (non-hydrogen) atoms. The summed E-state index contributed by atoms with van der Waals surface area (Å²) in [5.74, 6) is -0.125. The average Bonchev–Trinajstić information content (AvgIpc) is 3.35. The molecule has 9 nitrogen and oxygen atoms in total. The van der Waals surface area contributed by atoms with Gasteiger partial charge in [0.15, 0.2) is 0 Å². The van der Waals surface area contributed by atoms with Crippen LogP contribution in [0.1, 0.15) is 25.3 Å². The van der Waals surface area contributed by atoms with E-state index in [1.807, 2.05) is 0 Å². The molecular formula is C22H28ClN3O6S2. The van der Waals surface area contributed by atoms with Crippen LogP contribution in [0.25, 0.3) is 0 Å². The summed E-state index contributed by atoms with van der Waals surface area (Å²) in [5, 5.41) is 2.82. The summed E-state index contributed by atoms with van der Waals surface area (Å²) >= 11 is 6.09. The Hall–Kier alpha value is -2.18. The Morgan fingerprint density at radius 2 is 1.68 bits per heavy atom. The lowest BCUT2D eigenvalue weighted by atomic mass is 10.2. The van der Waals surface area contributed by atoms with Crippen molar-refractivity contribution in [2.75, 3.05) is 33.3 Å². The average molecular weight is 530 g/mol. The van der Waals surface area contributed by atoms with Crippen molar-refractivity contribution in [2.24, 2.45) is 0 Å². The molecule has 2 aromatic rings. The lowest BCUT2D eigenvalue weighted by molar-refractivity contribution is -0.121. The van der Waals surface area contributed by atoms with Gasteiger partial charge >= 0.3 is 0 Å². The highest BCUT2D eigenvalue weighted by atomic mass is 35.5. The Morgan fingerprint density at radius 1 is 1.06 bits per heavy atom. The van der Waals surface area contributed by atoms with Crippen molar-refractivity contribution >= 4 is 37.6 Å². The zero-order valence-electron chi connectivity index (χ0n) is 19.0. The Bertz CT molecular complexity index is 1230. The summed E-state index contributed by atoms with van der Waals surface area (Å²) in [4.78, 5) is 12.5. The Balaban J connectivity index is 1.57. The van der Waals surface area contributed by atoms with Gasteiger partial charge in [0.2, 0.25) is 26.0 Å². The van der Waals surface area contributed by atoms with Gasteiger partial charge in [0.25, 0.3) is 0 Å². The zero-order valence-corrected chi connectivity index (χ0v) is 21.4. The maximum atomic E-state index is 12.8. The number of rotatable bonds is 10. The molecule has 12 heteroatoms. The molecule has 1 aliphatic heterocycles. The molecule has 1 heterocycles. The van der Waals surface area contributed by atoms with Crippen LogP contribution in [0.2, 0.25) is 5.02 Å². The predicted octanol–water partition coefficient (Wildman–Crippen LogP) is 2.46. The highest BCUT2D eigenvalue weighted by Gasteiger charge is 2.27. The number of halogens is 1. The van der Waals surface area contributed by atoms with Crippen molar-refractivity contribution in [3.8, 4) is 5.75 Å². The van der Waals surface area contributed by atoms with Gasteiger partial charge in [-0.05, 0) is 55.7 Å². The van der Waals surface area contributed by atoms with E-state index in [9.17, 15) is 21.6 Å². The fourth-order valence-corrected chi connectivity index (χ4v) is 6.47. The van der Waals surface area contributed by atoms with Gasteiger partial charge in [-0.15, -0.1) is 0 Å². The molecule has 1 amide bonds. The minimum Gasteiger partial charge on any atom is -0.492 e. The number of nitrogens with one attached hydrogen (secondary N) is 1. The van der Waals surface area contributed by atoms with Crippen LogP contribution in [0.3, 0.4) is 0 Å². The van der Waals surface area contributed by atoms with E-state index in [0.29, 0.717) is 31.0 Å². The number of likely N-dealkylation sites (N-methyl/N-ethyl adjacent to an activating group) is 1. The Morgan fingerprint density at radius 3 is 2.26 bits per heavy atom. The number of carbonyl (C=O) groups is 1. The third kappa shape index (κ3) is 6.08. The standard InChI is InChI=1S/C22H28ClN3O6S2/c1-3-32-21-11-10-19(14-20(21)23)33(28,29)25(2)16-22(27)24-15-17-6-8-18(9-7-17)34(30,31)26-12-4-5-13-26/h6-11,14H,3-5,12-13,15-16H2,1-2H3,(H,24,27). The van der Waals surface area contributed by atoms with Crippen molar-refractivity contribution in [1.29, 1.82) is 0 Å². The summed E-state index contributed by atoms with van der Waals surface area (Å²) in [6.07, 6.45) is 1.72. The second-order valence-electron chi connectivity index (χ2n) is 7.82. The van der Waals surface area contributed by atoms with Crippen LogP contribution in [0, 0.1) is 0 Å². The number of nitrogens with zero attached hydrogens (tertiary/aromatic N) is 2. The van der Waals surface area contributed by atoms with Crippen LogP contribution in [0.5, 0.6) is 5.75 Å². The smallest absolute Gasteiger partial charge is 0.243 e. The number of hydrogen-bond donors (Lipinski definition) is 1. The first kappa shape index (κ1) is 26.4. The summed E-state index contributed by atoms with van der Waals surface area (Å²) in [6.45, 7) is 2.97. The van der Waals surface area contributed by atoms with Crippen molar-refractivity contribution in [3.63, 3.8) is 0 Å². The van der Waals surface area contributed by atoms with Crippen LogP contribution in [0.4, 0.5) is 0 Å². The Kier molecular flexibility index (Phi) is 8.58. The normalized spacial score (nSPS) is 14.9. The zero-order chi connectivity index (χ0) is 24.9. The fraction of sp³-hybridized carbons (Fsp3) is 0.409. The molecule has 0 unspecified atom stereocenters. The summed E-state index contributed by atoms with van der Waals surface area (Å²) in [5.41, 5.74) is 0.692. The van der Waals surface area contributed by atoms with Gasteiger partial charge in [0, 0.05) is 26.7 Å². The summed E-state index contributed by atoms with van der Waals surface area (Å²) in [7, 11) is -6.14. The van der Waals surface area contributed by atoms with E-state index in [2.05, 4.69) is 5.32 Å². The Labute approximate surface area is 205 Å². The van der Waals surface area contributed by atoms with E-state index >= 15 is 0 Å². The van der Waals surface area contributed by atoms with E-state index in [0.717, 1.165) is 17.1 Å². The maximum absolute atomic E-state index is 12.8. The minimum absolute atomic E-state index is 0.0500. The first-order valence-electron chi connectivity index (χ1n) is 10.8. The second-order valence-corrected chi connectivity index (χ2v) is 12.2. The molecule has 0 atom stereocenters. The van der Waals surface area contributed by atoms with E-state index in [1.165, 1.54) is 41.7 Å². The molecule has 186 valence electrons. The van der Waals surface area contributed by atoms with Gasteiger partial charge in [0.05, 0.1) is 28.0 Å². The second kappa shape index (κ2) is 11.0. The first-order chi connectivity index (χ1) is 16.1. The number of hydrogen-bond acceptors (Lipinski definition) is 6. The SMILES string of the molecule is CCOc1ccc(S(=O)(=O)N(C)CC(=O)NCc2ccc(S(=O)(=O)N3CCCC3)cc2)cc1Cl. The van der Waals surface area contributed by atoms with Gasteiger partial charge in [0.1, 0.15) is 5.75 Å². The van der Waals surface area contributed by atoms with Crippen molar-refractivity contribution in [1.82, 2.24) is 13.9 Å². The monoisotopic (exact) mass is 529 g/mol. The first-order valence-corrected chi connectivity index (χ1v) is 14.1. The van der Waals surface area contributed by atoms with Crippen LogP contribution in [-0.4, -0.2) is 64.6 Å². The molecular weight excluding hydrogens is 502 g/mol. The van der Waals surface area contributed by atoms with Gasteiger partial charge in [-0.1, -0.05) is 23.7 Å². The van der Waals surface area contributed by atoms with Gasteiger partial charge in [-0.3, -0.25) is 4.79 Å². The van der Waals surface area contributed by atoms with E-state index in [-0.39, 0.29) is 21.4 Å². The van der Waals surface area contributed by atoms with Crippen LogP contribution in [0.15, 0.2) is 52.3 Å². The summed E-state index contributed by atoms with van der Waals surface area (Å²) in [6, 6.07) is 10.4. The van der Waals surface area contributed by atoms with E-state index in [4.69, 9.17) is 16.3 Å². The molecule has 0 aliphatic carbocycles. The molecule has 0 bridgehead atoms. The molecule has 0 aromatic heterocycles. The third-order valence-electron chi connectivity index (χ3n) is 5.39. The summed E-state index contributed by atoms with van der Waals surface area (Å²) < 4.78 is 58.5. The molecule has 0 radical (unpaired) electrons. The highest BCUT2D eigenvalue weighted by Crippen LogP contribution is 2.28. The highest BCUT2D eigenvalue weighted by molar-refractivity contribution is 7.89. The van der Waals surface area contributed by atoms with Crippen LogP contribution >= 0.6 is 11.6 Å². The number of carbonyl (C=O) groups excluding carboxylic acids is 1. The molecule has 1 fully saturated rings. The number of benzene rings is 2. The van der Waals surface area contributed by atoms with Crippen molar-refractivity contribution < 1.29 is 26.4 Å². The van der Waals surface area contributed by atoms with Gasteiger partial charge < -0.3 is 10.1 Å². The van der Waals surface area contributed by atoms with E-state index < -0.39 is 32.5 Å². The van der Waals surface area contributed by atoms with Gasteiger partial charge in [-0.25, -0.2) is 16.8 Å². The molecule has 1 aliphatic rings. The van der Waals surface area contributed by atoms with Gasteiger partial charge in [-0.2, -0.15) is 8.61 Å². The lowest BCUT2D eigenvalue weighted by Gasteiger charge is -2.18. The molecule has 0 saturated carbocycles. The number of sulfonamides is 2. The van der Waals surface area contributed by atoms with Crippen molar-refractivity contribution in [3.05, 3.63) is 53.1 Å². The van der Waals surface area contributed by atoms with Crippen molar-refractivity contribution in [2.45, 2.75) is 36.1 Å². The molecule has 1 N–H and O–H groups in total. The van der Waals surface area contributed by atoms with Crippen LogP contribution in [-0.2, 0) is 31.4 Å². The largest absolute Gasteiger partial charge is 0.492 e. The lowest BCUT2D eigenvalue weighted by Crippen LogP contribution is -2.38. The minimum atomic E-state index is -3.94. The van der Waals surface area contributed by atoms with E-state index in [1.54, 1.807) is 19.1 Å². The topological polar surface area (TPSA) is 113 Å². The molecule has 1 saturated heterocycles. The predicted molar refractivity (Wildman–Crippen MR) is 129 cm³/mol. The number of ether oxygens (including phenoxy) is 1. The molecule has 3 rings (SSSR count). The third-order valence-corrected chi connectivity index (χ3v) is 9.40. The molecule has 0 spiro atoms. The quantitative estimate of drug-likeness (QED) is 0.506. The molecule has 2 aromatic carbocycles. The number of amides is 1. The fourth-order valence-electron chi connectivity index (χ4n) is 3.50. The van der Waals surface area contributed by atoms with Crippen LogP contribution < -0.4 is 10.1 Å². The maximum Gasteiger partial charge on any atom is 0.243 e.